The minimum atomic E-state index is 0.0916. The molecule has 2 aliphatic heterocycles. The van der Waals surface area contributed by atoms with Gasteiger partial charge in [0.1, 0.15) is 0 Å². The lowest BCUT2D eigenvalue weighted by molar-refractivity contribution is -0.122. The molecule has 1 unspecified atom stereocenters. The molecule has 2 heterocycles. The standard InChI is InChI=1S/C15H21N3O/c1-16-9-11-17(12-10-16)14-7-8-18(15(14)19)13-5-3-2-4-6-13/h2-6,14H,7-12H2,1H3. The molecule has 1 aromatic carbocycles. The van der Waals surface area contributed by atoms with E-state index in [0.717, 1.165) is 44.8 Å². The summed E-state index contributed by atoms with van der Waals surface area (Å²) in [5.74, 6) is 0.274. The van der Waals surface area contributed by atoms with Crippen molar-refractivity contribution < 1.29 is 4.79 Å². The topological polar surface area (TPSA) is 26.8 Å². The van der Waals surface area contributed by atoms with Gasteiger partial charge in [-0.1, -0.05) is 18.2 Å². The van der Waals surface area contributed by atoms with Gasteiger partial charge in [0.2, 0.25) is 5.91 Å². The average Bonchev–Trinajstić information content (AvgIpc) is 2.83. The Balaban J connectivity index is 1.69. The smallest absolute Gasteiger partial charge is 0.244 e. The van der Waals surface area contributed by atoms with Crippen LogP contribution in [0.3, 0.4) is 0 Å². The van der Waals surface area contributed by atoms with E-state index in [-0.39, 0.29) is 11.9 Å². The first-order chi connectivity index (χ1) is 9.25. The molecule has 102 valence electrons. The van der Waals surface area contributed by atoms with E-state index in [1.165, 1.54) is 0 Å². The van der Waals surface area contributed by atoms with Crippen molar-refractivity contribution in [3.8, 4) is 0 Å². The summed E-state index contributed by atoms with van der Waals surface area (Å²) in [5.41, 5.74) is 1.03. The van der Waals surface area contributed by atoms with E-state index in [4.69, 9.17) is 0 Å². The van der Waals surface area contributed by atoms with Crippen LogP contribution in [0.2, 0.25) is 0 Å². The SMILES string of the molecule is CN1CCN(C2CCN(c3ccccc3)C2=O)CC1. The van der Waals surface area contributed by atoms with E-state index in [0.29, 0.717) is 0 Å². The highest BCUT2D eigenvalue weighted by Crippen LogP contribution is 2.24. The number of likely N-dealkylation sites (N-methyl/N-ethyl adjacent to an activating group) is 1. The van der Waals surface area contributed by atoms with Crippen molar-refractivity contribution in [3.05, 3.63) is 30.3 Å². The third-order valence-corrected chi connectivity index (χ3v) is 4.22. The number of piperazine rings is 1. The number of para-hydroxylation sites is 1. The molecular formula is C15H21N3O. The first-order valence-electron chi connectivity index (χ1n) is 7.05. The number of rotatable bonds is 2. The fraction of sp³-hybridized carbons (Fsp3) is 0.533. The fourth-order valence-electron chi connectivity index (χ4n) is 3.00. The van der Waals surface area contributed by atoms with Gasteiger partial charge in [0.25, 0.3) is 0 Å². The Morgan fingerprint density at radius 3 is 2.37 bits per heavy atom. The van der Waals surface area contributed by atoms with Crippen LogP contribution in [0.5, 0.6) is 0 Å². The Hall–Kier alpha value is -1.39. The molecule has 4 nitrogen and oxygen atoms in total. The van der Waals surface area contributed by atoms with E-state index >= 15 is 0 Å². The molecule has 0 aromatic heterocycles. The number of carbonyl (C=O) groups excluding carboxylic acids is 1. The Labute approximate surface area is 114 Å². The Morgan fingerprint density at radius 2 is 1.68 bits per heavy atom. The van der Waals surface area contributed by atoms with Gasteiger partial charge in [-0.25, -0.2) is 0 Å². The summed E-state index contributed by atoms with van der Waals surface area (Å²) in [6.07, 6.45) is 0.956. The molecule has 1 amide bonds. The second-order valence-corrected chi connectivity index (χ2v) is 5.47. The maximum absolute atomic E-state index is 12.6. The molecule has 19 heavy (non-hydrogen) atoms. The van der Waals surface area contributed by atoms with Crippen LogP contribution in [0.1, 0.15) is 6.42 Å². The number of hydrogen-bond acceptors (Lipinski definition) is 3. The molecule has 3 rings (SSSR count). The van der Waals surface area contributed by atoms with E-state index in [1.807, 2.05) is 35.2 Å². The van der Waals surface area contributed by atoms with Crippen LogP contribution in [0.25, 0.3) is 0 Å². The molecule has 2 fully saturated rings. The van der Waals surface area contributed by atoms with Gasteiger partial charge in [0.15, 0.2) is 0 Å². The summed E-state index contributed by atoms with van der Waals surface area (Å²) >= 11 is 0. The van der Waals surface area contributed by atoms with Gasteiger partial charge in [-0.05, 0) is 25.6 Å². The molecule has 2 saturated heterocycles. The zero-order valence-corrected chi connectivity index (χ0v) is 11.5. The van der Waals surface area contributed by atoms with Crippen molar-refractivity contribution in [2.24, 2.45) is 0 Å². The summed E-state index contributed by atoms with van der Waals surface area (Å²) in [6, 6.07) is 10.1. The molecule has 4 heteroatoms. The highest BCUT2D eigenvalue weighted by Gasteiger charge is 2.37. The highest BCUT2D eigenvalue weighted by molar-refractivity contribution is 5.99. The van der Waals surface area contributed by atoms with E-state index in [2.05, 4.69) is 16.8 Å². The third kappa shape index (κ3) is 2.51. The van der Waals surface area contributed by atoms with Crippen molar-refractivity contribution in [2.45, 2.75) is 12.5 Å². The normalized spacial score (nSPS) is 26.1. The van der Waals surface area contributed by atoms with Crippen LogP contribution in [0.15, 0.2) is 30.3 Å². The van der Waals surface area contributed by atoms with Crippen molar-refractivity contribution in [1.29, 1.82) is 0 Å². The van der Waals surface area contributed by atoms with Gasteiger partial charge >= 0.3 is 0 Å². The van der Waals surface area contributed by atoms with Crippen LogP contribution in [0.4, 0.5) is 5.69 Å². The van der Waals surface area contributed by atoms with Gasteiger partial charge in [-0.3, -0.25) is 9.69 Å². The summed E-state index contributed by atoms with van der Waals surface area (Å²) in [4.78, 5) is 19.2. The van der Waals surface area contributed by atoms with Gasteiger partial charge in [0.05, 0.1) is 6.04 Å². The van der Waals surface area contributed by atoms with Gasteiger partial charge < -0.3 is 9.80 Å². The van der Waals surface area contributed by atoms with Crippen molar-refractivity contribution in [3.63, 3.8) is 0 Å². The first kappa shape index (κ1) is 12.6. The van der Waals surface area contributed by atoms with E-state index in [1.54, 1.807) is 0 Å². The number of amides is 1. The van der Waals surface area contributed by atoms with Crippen LogP contribution >= 0.6 is 0 Å². The molecule has 0 bridgehead atoms. The van der Waals surface area contributed by atoms with Crippen molar-refractivity contribution >= 4 is 11.6 Å². The molecule has 0 saturated carbocycles. The van der Waals surface area contributed by atoms with Crippen LogP contribution in [0, 0.1) is 0 Å². The molecule has 2 aliphatic rings. The number of nitrogens with zero attached hydrogens (tertiary/aromatic N) is 3. The van der Waals surface area contributed by atoms with E-state index < -0.39 is 0 Å². The molecule has 1 atom stereocenters. The maximum atomic E-state index is 12.6. The average molecular weight is 259 g/mol. The molecule has 0 radical (unpaired) electrons. The minimum Gasteiger partial charge on any atom is -0.311 e. The Kier molecular flexibility index (Phi) is 3.53. The van der Waals surface area contributed by atoms with Crippen LogP contribution in [-0.4, -0.2) is 61.5 Å². The number of anilines is 1. The van der Waals surface area contributed by atoms with Crippen molar-refractivity contribution in [1.82, 2.24) is 9.80 Å². The Bertz CT molecular complexity index is 440. The largest absolute Gasteiger partial charge is 0.311 e. The lowest BCUT2D eigenvalue weighted by atomic mass is 10.2. The zero-order valence-electron chi connectivity index (χ0n) is 11.5. The lowest BCUT2D eigenvalue weighted by Gasteiger charge is -2.35. The van der Waals surface area contributed by atoms with Gasteiger partial charge in [0, 0.05) is 38.4 Å². The quantitative estimate of drug-likeness (QED) is 0.794. The van der Waals surface area contributed by atoms with Crippen LogP contribution < -0.4 is 4.90 Å². The predicted molar refractivity (Wildman–Crippen MR) is 76.3 cm³/mol. The van der Waals surface area contributed by atoms with Crippen LogP contribution in [-0.2, 0) is 4.79 Å². The predicted octanol–water partition coefficient (Wildman–Crippen LogP) is 1.04. The zero-order chi connectivity index (χ0) is 13.2. The monoisotopic (exact) mass is 259 g/mol. The second-order valence-electron chi connectivity index (χ2n) is 5.47. The second kappa shape index (κ2) is 5.31. The van der Waals surface area contributed by atoms with E-state index in [9.17, 15) is 4.79 Å². The molecule has 0 N–H and O–H groups in total. The molecule has 1 aromatic rings. The summed E-state index contributed by atoms with van der Waals surface area (Å²) in [6.45, 7) is 5.00. The summed E-state index contributed by atoms with van der Waals surface area (Å²) < 4.78 is 0. The number of hydrogen-bond donors (Lipinski definition) is 0. The van der Waals surface area contributed by atoms with Crippen molar-refractivity contribution in [2.75, 3.05) is 44.7 Å². The maximum Gasteiger partial charge on any atom is 0.244 e. The fourth-order valence-corrected chi connectivity index (χ4v) is 3.00. The Morgan fingerprint density at radius 1 is 1.00 bits per heavy atom. The minimum absolute atomic E-state index is 0.0916. The van der Waals surface area contributed by atoms with Gasteiger partial charge in [-0.15, -0.1) is 0 Å². The molecular weight excluding hydrogens is 238 g/mol. The number of benzene rings is 1. The molecule has 0 aliphatic carbocycles. The summed E-state index contributed by atoms with van der Waals surface area (Å²) in [5, 5.41) is 0. The number of carbonyl (C=O) groups is 1. The highest BCUT2D eigenvalue weighted by atomic mass is 16.2. The molecule has 0 spiro atoms. The summed E-state index contributed by atoms with van der Waals surface area (Å²) in [7, 11) is 2.14. The first-order valence-corrected chi connectivity index (χ1v) is 7.05. The lowest BCUT2D eigenvalue weighted by Crippen LogP contribution is -2.51. The van der Waals surface area contributed by atoms with Gasteiger partial charge in [-0.2, -0.15) is 0 Å². The third-order valence-electron chi connectivity index (χ3n) is 4.22.